The van der Waals surface area contributed by atoms with Crippen molar-refractivity contribution in [2.24, 2.45) is 23.7 Å². The molecule has 1 amide bonds. The topological polar surface area (TPSA) is 42.0 Å². The minimum Gasteiger partial charge on any atom is -0.348 e. The van der Waals surface area contributed by atoms with E-state index in [1.54, 1.807) is 11.3 Å². The third-order valence-corrected chi connectivity index (χ3v) is 7.93. The Labute approximate surface area is 159 Å². The first-order chi connectivity index (χ1) is 12.7. The molecule has 4 heteroatoms. The average molecular weight is 367 g/mol. The minimum atomic E-state index is 0.108. The fourth-order valence-corrected chi connectivity index (χ4v) is 6.89. The highest BCUT2D eigenvalue weighted by Gasteiger charge is 2.48. The number of amides is 1. The zero-order valence-electron chi connectivity index (χ0n) is 15.3. The van der Waals surface area contributed by atoms with Crippen molar-refractivity contribution in [1.29, 1.82) is 0 Å². The molecule has 1 N–H and O–H groups in total. The van der Waals surface area contributed by atoms with E-state index >= 15 is 0 Å². The van der Waals surface area contributed by atoms with E-state index in [9.17, 15) is 4.79 Å². The number of nitrogens with zero attached hydrogens (tertiary/aromatic N) is 1. The van der Waals surface area contributed by atoms with Crippen molar-refractivity contribution in [2.45, 2.75) is 51.5 Å². The smallest absolute Gasteiger partial charge is 0.263 e. The molecule has 3 nitrogen and oxygen atoms in total. The Morgan fingerprint density at radius 1 is 1.08 bits per heavy atom. The Balaban J connectivity index is 1.30. The highest BCUT2D eigenvalue weighted by Crippen LogP contribution is 2.53. The second-order valence-corrected chi connectivity index (χ2v) is 9.70. The van der Waals surface area contributed by atoms with Gasteiger partial charge in [0.1, 0.15) is 4.88 Å². The van der Waals surface area contributed by atoms with Gasteiger partial charge in [0.05, 0.1) is 10.7 Å². The zero-order valence-corrected chi connectivity index (χ0v) is 16.1. The van der Waals surface area contributed by atoms with Crippen LogP contribution in [0.4, 0.5) is 0 Å². The number of hydrogen-bond donors (Lipinski definition) is 1. The normalized spacial score (nSPS) is 32.0. The number of benzene rings is 1. The maximum atomic E-state index is 13.0. The second kappa shape index (κ2) is 6.49. The molecule has 4 saturated carbocycles. The summed E-state index contributed by atoms with van der Waals surface area (Å²) in [6.45, 7) is 1.97. The maximum absolute atomic E-state index is 13.0. The van der Waals surface area contributed by atoms with Gasteiger partial charge in [0.25, 0.3) is 5.91 Å². The van der Waals surface area contributed by atoms with Crippen molar-refractivity contribution < 1.29 is 4.79 Å². The first-order valence-corrected chi connectivity index (χ1v) is 10.8. The van der Waals surface area contributed by atoms with Crippen LogP contribution in [0.2, 0.25) is 0 Å². The summed E-state index contributed by atoms with van der Waals surface area (Å²) < 4.78 is 0. The van der Waals surface area contributed by atoms with Gasteiger partial charge in [0.15, 0.2) is 0 Å². The van der Waals surface area contributed by atoms with Gasteiger partial charge >= 0.3 is 0 Å². The van der Waals surface area contributed by atoms with Crippen LogP contribution in [0.3, 0.4) is 0 Å². The van der Waals surface area contributed by atoms with Gasteiger partial charge < -0.3 is 5.32 Å². The van der Waals surface area contributed by atoms with Gasteiger partial charge in [-0.25, -0.2) is 4.98 Å². The number of rotatable bonds is 4. The predicted molar refractivity (Wildman–Crippen MR) is 104 cm³/mol. The molecule has 4 fully saturated rings. The van der Waals surface area contributed by atoms with Crippen LogP contribution in [0, 0.1) is 30.6 Å². The van der Waals surface area contributed by atoms with E-state index in [4.69, 9.17) is 0 Å². The fourth-order valence-electron chi connectivity index (χ4n) is 5.89. The first-order valence-electron chi connectivity index (χ1n) is 9.97. The van der Waals surface area contributed by atoms with Crippen LogP contribution in [0.1, 0.15) is 58.0 Å². The minimum absolute atomic E-state index is 0.108. The summed E-state index contributed by atoms with van der Waals surface area (Å²) in [5, 5.41) is 4.46. The number of carbonyl (C=O) groups excluding carboxylic acids is 1. The largest absolute Gasteiger partial charge is 0.348 e. The van der Waals surface area contributed by atoms with Crippen LogP contribution in [-0.4, -0.2) is 16.9 Å². The SMILES string of the molecule is Cc1nc(Cc2ccccc2)sc1C(=O)NC1C2CC3CC(C2)CC1C3. The maximum Gasteiger partial charge on any atom is 0.263 e. The van der Waals surface area contributed by atoms with Gasteiger partial charge in [-0.15, -0.1) is 11.3 Å². The molecule has 4 aliphatic rings. The quantitative estimate of drug-likeness (QED) is 0.859. The molecule has 1 heterocycles. The van der Waals surface area contributed by atoms with Gasteiger partial charge in [0, 0.05) is 12.5 Å². The lowest BCUT2D eigenvalue weighted by atomic mass is 9.54. The molecule has 6 rings (SSSR count). The van der Waals surface area contributed by atoms with E-state index < -0.39 is 0 Å². The average Bonchev–Trinajstić information content (AvgIpc) is 2.98. The number of hydrogen-bond acceptors (Lipinski definition) is 3. The summed E-state index contributed by atoms with van der Waals surface area (Å²) in [5.74, 6) is 3.41. The molecule has 0 saturated heterocycles. The van der Waals surface area contributed by atoms with Gasteiger partial charge in [-0.1, -0.05) is 30.3 Å². The molecule has 1 aromatic heterocycles. The summed E-state index contributed by atoms with van der Waals surface area (Å²) in [5.41, 5.74) is 2.12. The number of aromatic nitrogens is 1. The Hall–Kier alpha value is -1.68. The van der Waals surface area contributed by atoms with E-state index in [0.717, 1.165) is 33.8 Å². The predicted octanol–water partition coefficient (Wildman–Crippen LogP) is 4.60. The molecule has 136 valence electrons. The summed E-state index contributed by atoms with van der Waals surface area (Å²) in [4.78, 5) is 18.5. The van der Waals surface area contributed by atoms with E-state index in [-0.39, 0.29) is 5.91 Å². The van der Waals surface area contributed by atoms with Crippen LogP contribution < -0.4 is 5.32 Å². The van der Waals surface area contributed by atoms with Gasteiger partial charge in [-0.3, -0.25) is 4.79 Å². The Morgan fingerprint density at radius 3 is 2.38 bits per heavy atom. The summed E-state index contributed by atoms with van der Waals surface area (Å²) in [6.07, 6.45) is 7.58. The summed E-state index contributed by atoms with van der Waals surface area (Å²) in [7, 11) is 0. The summed E-state index contributed by atoms with van der Waals surface area (Å²) in [6, 6.07) is 10.8. The fraction of sp³-hybridized carbons (Fsp3) is 0.545. The van der Waals surface area contributed by atoms with Crippen molar-refractivity contribution >= 4 is 17.2 Å². The second-order valence-electron chi connectivity index (χ2n) is 8.61. The molecule has 4 bridgehead atoms. The lowest BCUT2D eigenvalue weighted by Crippen LogP contribution is -2.55. The van der Waals surface area contributed by atoms with Gasteiger partial charge in [-0.2, -0.15) is 0 Å². The van der Waals surface area contributed by atoms with Gasteiger partial charge in [0.2, 0.25) is 0 Å². The molecular formula is C22H26N2OS. The molecule has 0 radical (unpaired) electrons. The van der Waals surface area contributed by atoms with Crippen molar-refractivity contribution in [3.8, 4) is 0 Å². The number of carbonyl (C=O) groups is 1. The van der Waals surface area contributed by atoms with Crippen LogP contribution in [0.15, 0.2) is 30.3 Å². The van der Waals surface area contributed by atoms with Gasteiger partial charge in [-0.05, 0) is 68.3 Å². The molecule has 0 unspecified atom stereocenters. The highest BCUT2D eigenvalue weighted by molar-refractivity contribution is 7.13. The van der Waals surface area contributed by atoms with Crippen LogP contribution in [-0.2, 0) is 6.42 Å². The molecular weight excluding hydrogens is 340 g/mol. The Bertz CT molecular complexity index is 785. The lowest BCUT2D eigenvalue weighted by molar-refractivity contribution is -0.0119. The molecule has 26 heavy (non-hydrogen) atoms. The third kappa shape index (κ3) is 2.98. The molecule has 0 spiro atoms. The third-order valence-electron chi connectivity index (χ3n) is 6.77. The van der Waals surface area contributed by atoms with E-state index in [1.807, 2.05) is 13.0 Å². The van der Waals surface area contributed by atoms with E-state index in [0.29, 0.717) is 17.9 Å². The van der Waals surface area contributed by atoms with E-state index in [2.05, 4.69) is 34.6 Å². The van der Waals surface area contributed by atoms with E-state index in [1.165, 1.54) is 37.7 Å². The molecule has 1 aromatic carbocycles. The van der Waals surface area contributed by atoms with Crippen molar-refractivity contribution in [1.82, 2.24) is 10.3 Å². The zero-order chi connectivity index (χ0) is 17.7. The van der Waals surface area contributed by atoms with Crippen LogP contribution in [0.5, 0.6) is 0 Å². The number of aryl methyl sites for hydroxylation is 1. The van der Waals surface area contributed by atoms with Crippen molar-refractivity contribution in [3.05, 3.63) is 51.5 Å². The number of nitrogens with one attached hydrogen (secondary N) is 1. The molecule has 2 aromatic rings. The summed E-state index contributed by atoms with van der Waals surface area (Å²) >= 11 is 1.57. The monoisotopic (exact) mass is 366 g/mol. The molecule has 0 aliphatic heterocycles. The Morgan fingerprint density at radius 2 is 1.73 bits per heavy atom. The van der Waals surface area contributed by atoms with Crippen LogP contribution in [0.25, 0.3) is 0 Å². The Kier molecular flexibility index (Phi) is 4.11. The first kappa shape index (κ1) is 16.5. The van der Waals surface area contributed by atoms with Crippen molar-refractivity contribution in [3.63, 3.8) is 0 Å². The highest BCUT2D eigenvalue weighted by atomic mass is 32.1. The number of thiazole rings is 1. The molecule has 4 aliphatic carbocycles. The standard InChI is InChI=1S/C22H26N2OS/c1-13-21(26-19(23-13)12-14-5-3-2-4-6-14)22(25)24-20-17-8-15-7-16(10-17)11-18(20)9-15/h2-6,15-18,20H,7-12H2,1H3,(H,24,25). The lowest BCUT2D eigenvalue weighted by Gasteiger charge is -2.54. The molecule has 0 atom stereocenters. The van der Waals surface area contributed by atoms with Crippen molar-refractivity contribution in [2.75, 3.05) is 0 Å². The van der Waals surface area contributed by atoms with Crippen LogP contribution >= 0.6 is 11.3 Å².